The third-order valence-corrected chi connectivity index (χ3v) is 4.20. The first-order valence-corrected chi connectivity index (χ1v) is 6.32. The van der Waals surface area contributed by atoms with Crippen LogP contribution in [0.2, 0.25) is 0 Å². The zero-order chi connectivity index (χ0) is 9.84. The molecule has 0 aliphatic heterocycles. The van der Waals surface area contributed by atoms with Gasteiger partial charge in [0.1, 0.15) is 0 Å². The minimum Gasteiger partial charge on any atom is -0.395 e. The highest BCUT2D eigenvalue weighted by Crippen LogP contribution is 2.36. The Balaban J connectivity index is 2.32. The van der Waals surface area contributed by atoms with Crippen molar-refractivity contribution in [1.82, 2.24) is 0 Å². The van der Waals surface area contributed by atoms with Crippen molar-refractivity contribution in [2.45, 2.75) is 50.5 Å². The van der Waals surface area contributed by atoms with E-state index in [1.54, 1.807) is 0 Å². The number of aliphatic hydroxyl groups excluding tert-OH is 1. The van der Waals surface area contributed by atoms with Crippen molar-refractivity contribution in [3.05, 3.63) is 0 Å². The highest BCUT2D eigenvalue weighted by atomic mass is 32.2. The Labute approximate surface area is 86.3 Å². The molecule has 2 heteroatoms. The molecule has 3 unspecified atom stereocenters. The molecule has 1 fully saturated rings. The Kier molecular flexibility index (Phi) is 4.60. The average molecular weight is 202 g/mol. The van der Waals surface area contributed by atoms with Crippen LogP contribution >= 0.6 is 11.8 Å². The van der Waals surface area contributed by atoms with E-state index in [-0.39, 0.29) is 0 Å². The molecule has 1 saturated carbocycles. The van der Waals surface area contributed by atoms with Crippen LogP contribution in [0.3, 0.4) is 0 Å². The molecular weight excluding hydrogens is 180 g/mol. The summed E-state index contributed by atoms with van der Waals surface area (Å²) in [6.45, 7) is 7.15. The van der Waals surface area contributed by atoms with Crippen LogP contribution in [0.1, 0.15) is 40.0 Å². The lowest BCUT2D eigenvalue weighted by Crippen LogP contribution is -2.23. The lowest BCUT2D eigenvalue weighted by Gasteiger charge is -2.32. The highest BCUT2D eigenvalue weighted by Gasteiger charge is 2.25. The minimum atomic E-state index is 0.323. The van der Waals surface area contributed by atoms with Gasteiger partial charge in [0.05, 0.1) is 6.61 Å². The molecule has 1 nitrogen and oxygen atoms in total. The molecule has 0 bridgehead atoms. The molecule has 3 atom stereocenters. The zero-order valence-corrected chi connectivity index (χ0v) is 9.81. The van der Waals surface area contributed by atoms with Crippen molar-refractivity contribution >= 4 is 11.8 Å². The quantitative estimate of drug-likeness (QED) is 0.759. The van der Waals surface area contributed by atoms with E-state index in [0.717, 1.165) is 17.1 Å². The van der Waals surface area contributed by atoms with Gasteiger partial charge in [-0.3, -0.25) is 0 Å². The van der Waals surface area contributed by atoms with Crippen LogP contribution < -0.4 is 0 Å². The molecule has 0 heterocycles. The SMILES string of the molecule is CC1CC(C)CC(SC(C)CO)C1. The maximum Gasteiger partial charge on any atom is 0.0547 e. The summed E-state index contributed by atoms with van der Waals surface area (Å²) in [5.41, 5.74) is 0. The maximum atomic E-state index is 8.98. The molecular formula is C11H22OS. The molecule has 1 aliphatic carbocycles. The van der Waals surface area contributed by atoms with Crippen molar-refractivity contribution in [3.8, 4) is 0 Å². The summed E-state index contributed by atoms with van der Waals surface area (Å²) < 4.78 is 0. The lowest BCUT2D eigenvalue weighted by atomic mass is 9.83. The molecule has 13 heavy (non-hydrogen) atoms. The topological polar surface area (TPSA) is 20.2 Å². The van der Waals surface area contributed by atoms with E-state index in [1.807, 2.05) is 11.8 Å². The van der Waals surface area contributed by atoms with Gasteiger partial charge in [0.2, 0.25) is 0 Å². The predicted octanol–water partition coefficient (Wildman–Crippen LogP) is 2.93. The van der Waals surface area contributed by atoms with E-state index >= 15 is 0 Å². The number of aliphatic hydroxyl groups is 1. The normalized spacial score (nSPS) is 37.4. The van der Waals surface area contributed by atoms with E-state index in [0.29, 0.717) is 11.9 Å². The molecule has 1 aliphatic rings. The van der Waals surface area contributed by atoms with Crippen molar-refractivity contribution in [2.24, 2.45) is 11.8 Å². The molecule has 0 aromatic heterocycles. The van der Waals surface area contributed by atoms with Gasteiger partial charge in [0.25, 0.3) is 0 Å². The molecule has 0 amide bonds. The van der Waals surface area contributed by atoms with Crippen LogP contribution in [0, 0.1) is 11.8 Å². The van der Waals surface area contributed by atoms with Crippen LogP contribution in [-0.2, 0) is 0 Å². The Morgan fingerprint density at radius 2 is 1.77 bits per heavy atom. The maximum absolute atomic E-state index is 8.98. The Morgan fingerprint density at radius 1 is 1.23 bits per heavy atom. The third kappa shape index (κ3) is 3.90. The number of hydrogen-bond donors (Lipinski definition) is 1. The van der Waals surface area contributed by atoms with Gasteiger partial charge in [-0.2, -0.15) is 11.8 Å². The molecule has 0 radical (unpaired) electrons. The molecule has 0 aromatic carbocycles. The Morgan fingerprint density at radius 3 is 2.23 bits per heavy atom. The van der Waals surface area contributed by atoms with E-state index in [4.69, 9.17) is 5.11 Å². The summed E-state index contributed by atoms with van der Waals surface area (Å²) in [4.78, 5) is 0. The zero-order valence-electron chi connectivity index (χ0n) is 8.99. The van der Waals surface area contributed by atoms with E-state index in [2.05, 4.69) is 20.8 Å². The van der Waals surface area contributed by atoms with E-state index in [1.165, 1.54) is 19.3 Å². The van der Waals surface area contributed by atoms with Gasteiger partial charge in [-0.25, -0.2) is 0 Å². The summed E-state index contributed by atoms with van der Waals surface area (Å²) in [6.07, 6.45) is 4.09. The summed E-state index contributed by atoms with van der Waals surface area (Å²) in [7, 11) is 0. The van der Waals surface area contributed by atoms with Crippen LogP contribution in [-0.4, -0.2) is 22.2 Å². The van der Waals surface area contributed by atoms with E-state index in [9.17, 15) is 0 Å². The largest absolute Gasteiger partial charge is 0.395 e. The van der Waals surface area contributed by atoms with Gasteiger partial charge < -0.3 is 5.11 Å². The fraction of sp³-hybridized carbons (Fsp3) is 1.00. The fourth-order valence-corrected chi connectivity index (χ4v) is 3.98. The second kappa shape index (κ2) is 5.26. The number of hydrogen-bond acceptors (Lipinski definition) is 2. The Hall–Kier alpha value is 0.310. The minimum absolute atomic E-state index is 0.323. The molecule has 0 saturated heterocycles. The number of thioether (sulfide) groups is 1. The highest BCUT2D eigenvalue weighted by molar-refractivity contribution is 8.00. The first-order valence-electron chi connectivity index (χ1n) is 5.38. The third-order valence-electron chi connectivity index (χ3n) is 2.82. The second-order valence-corrected chi connectivity index (χ2v) is 6.41. The van der Waals surface area contributed by atoms with Crippen LogP contribution in [0.15, 0.2) is 0 Å². The standard InChI is InChI=1S/C11H22OS/c1-8-4-9(2)6-11(5-8)13-10(3)7-12/h8-12H,4-7H2,1-3H3. The van der Waals surface area contributed by atoms with Gasteiger partial charge in [0.15, 0.2) is 0 Å². The first kappa shape index (κ1) is 11.4. The van der Waals surface area contributed by atoms with Crippen molar-refractivity contribution in [3.63, 3.8) is 0 Å². The summed E-state index contributed by atoms with van der Waals surface area (Å²) in [5, 5.41) is 10.2. The monoisotopic (exact) mass is 202 g/mol. The predicted molar refractivity (Wildman–Crippen MR) is 60.1 cm³/mol. The summed E-state index contributed by atoms with van der Waals surface area (Å²) >= 11 is 1.98. The van der Waals surface area contributed by atoms with Crippen molar-refractivity contribution in [2.75, 3.05) is 6.61 Å². The molecule has 78 valence electrons. The molecule has 0 spiro atoms. The average Bonchev–Trinajstić information content (AvgIpc) is 2.02. The molecule has 0 aromatic rings. The Bertz CT molecular complexity index is 139. The van der Waals surface area contributed by atoms with Crippen molar-refractivity contribution in [1.29, 1.82) is 0 Å². The van der Waals surface area contributed by atoms with Gasteiger partial charge in [0, 0.05) is 10.5 Å². The fourth-order valence-electron chi connectivity index (χ4n) is 2.36. The van der Waals surface area contributed by atoms with Gasteiger partial charge >= 0.3 is 0 Å². The lowest BCUT2D eigenvalue weighted by molar-refractivity contribution is 0.293. The van der Waals surface area contributed by atoms with E-state index < -0.39 is 0 Å². The van der Waals surface area contributed by atoms with Crippen LogP contribution in [0.4, 0.5) is 0 Å². The van der Waals surface area contributed by atoms with Crippen LogP contribution in [0.5, 0.6) is 0 Å². The smallest absolute Gasteiger partial charge is 0.0547 e. The van der Waals surface area contributed by atoms with Gasteiger partial charge in [-0.1, -0.05) is 20.8 Å². The second-order valence-electron chi connectivity index (χ2n) is 4.67. The molecule has 1 N–H and O–H groups in total. The van der Waals surface area contributed by atoms with Gasteiger partial charge in [-0.15, -0.1) is 0 Å². The van der Waals surface area contributed by atoms with Crippen LogP contribution in [0.25, 0.3) is 0 Å². The molecule has 1 rings (SSSR count). The van der Waals surface area contributed by atoms with Gasteiger partial charge in [-0.05, 0) is 31.1 Å². The summed E-state index contributed by atoms with van der Waals surface area (Å²) in [6, 6.07) is 0. The summed E-state index contributed by atoms with van der Waals surface area (Å²) in [5.74, 6) is 1.76. The number of rotatable bonds is 3. The van der Waals surface area contributed by atoms with Crippen molar-refractivity contribution < 1.29 is 5.11 Å². The first-order chi connectivity index (χ1) is 6.11.